The van der Waals surface area contributed by atoms with E-state index in [9.17, 15) is 4.79 Å². The Morgan fingerprint density at radius 3 is 2.55 bits per heavy atom. The van der Waals surface area contributed by atoms with Gasteiger partial charge in [-0.05, 0) is 68.7 Å². The molecule has 0 radical (unpaired) electrons. The van der Waals surface area contributed by atoms with Crippen molar-refractivity contribution >= 4 is 17.2 Å². The van der Waals surface area contributed by atoms with E-state index in [1.165, 1.54) is 4.88 Å². The number of aromatic nitrogens is 1. The minimum atomic E-state index is -0.0709. The molecule has 2 heterocycles. The van der Waals surface area contributed by atoms with E-state index in [-0.39, 0.29) is 11.9 Å². The van der Waals surface area contributed by atoms with Crippen LogP contribution in [0.2, 0.25) is 0 Å². The van der Waals surface area contributed by atoms with E-state index in [0.717, 1.165) is 22.4 Å². The summed E-state index contributed by atoms with van der Waals surface area (Å²) in [6.45, 7) is 4.95. The van der Waals surface area contributed by atoms with Gasteiger partial charge in [0.1, 0.15) is 12.4 Å². The summed E-state index contributed by atoms with van der Waals surface area (Å²) in [5.74, 6) is 0.744. The quantitative estimate of drug-likeness (QED) is 0.600. The monoisotopic (exact) mass is 409 g/mol. The number of aryl methyl sites for hydroxylation is 2. The number of rotatable bonds is 8. The molecule has 152 valence electrons. The molecule has 0 aliphatic carbocycles. The molecule has 1 aromatic carbocycles. The van der Waals surface area contributed by atoms with Gasteiger partial charge in [-0.2, -0.15) is 0 Å². The average molecular weight is 410 g/mol. The van der Waals surface area contributed by atoms with Gasteiger partial charge in [-0.3, -0.25) is 9.78 Å². The van der Waals surface area contributed by atoms with Gasteiger partial charge in [0.05, 0.1) is 6.04 Å². The summed E-state index contributed by atoms with van der Waals surface area (Å²) in [4.78, 5) is 20.2. The maximum absolute atomic E-state index is 12.8. The maximum Gasteiger partial charge on any atom is 0.251 e. The lowest BCUT2D eigenvalue weighted by atomic mass is 10.0. The Labute approximate surface area is 176 Å². The second-order valence-corrected chi connectivity index (χ2v) is 8.27. The number of hydrogen-bond donors (Lipinski definition) is 1. The first kappa shape index (κ1) is 21.0. The van der Waals surface area contributed by atoms with Crippen LogP contribution in [0.1, 0.15) is 38.0 Å². The van der Waals surface area contributed by atoms with Gasteiger partial charge in [-0.1, -0.05) is 12.1 Å². The zero-order valence-corrected chi connectivity index (χ0v) is 18.1. The van der Waals surface area contributed by atoms with Crippen LogP contribution < -0.4 is 10.1 Å². The Bertz CT molecular complexity index is 917. The van der Waals surface area contributed by atoms with Crippen LogP contribution in [0.15, 0.2) is 54.2 Å². The highest BCUT2D eigenvalue weighted by molar-refractivity contribution is 7.10. The molecule has 3 rings (SSSR count). The third-order valence-electron chi connectivity index (χ3n) is 4.78. The van der Waals surface area contributed by atoms with Gasteiger partial charge >= 0.3 is 0 Å². The molecule has 0 spiro atoms. The van der Waals surface area contributed by atoms with Crippen molar-refractivity contribution in [1.29, 1.82) is 0 Å². The van der Waals surface area contributed by atoms with Crippen molar-refractivity contribution in [3.05, 3.63) is 81.3 Å². The molecule has 0 aliphatic rings. The molecular formula is C23H27N3O2S. The zero-order chi connectivity index (χ0) is 20.8. The number of thiophene rings is 1. The van der Waals surface area contributed by atoms with E-state index < -0.39 is 0 Å². The van der Waals surface area contributed by atoms with Gasteiger partial charge in [-0.25, -0.2) is 0 Å². The first-order valence-corrected chi connectivity index (χ1v) is 10.4. The molecule has 2 aromatic heterocycles. The van der Waals surface area contributed by atoms with Crippen LogP contribution in [0.25, 0.3) is 0 Å². The fraction of sp³-hybridized carbons (Fsp3) is 0.304. The van der Waals surface area contributed by atoms with Crippen LogP contribution >= 0.6 is 11.3 Å². The molecule has 0 bridgehead atoms. The highest BCUT2D eigenvalue weighted by Gasteiger charge is 2.18. The van der Waals surface area contributed by atoms with Crippen LogP contribution in [0.3, 0.4) is 0 Å². The van der Waals surface area contributed by atoms with E-state index in [1.54, 1.807) is 23.7 Å². The number of hydrogen-bond acceptors (Lipinski definition) is 5. The Morgan fingerprint density at radius 2 is 1.97 bits per heavy atom. The molecule has 1 atom stereocenters. The van der Waals surface area contributed by atoms with Crippen molar-refractivity contribution in [2.75, 3.05) is 20.6 Å². The molecule has 29 heavy (non-hydrogen) atoms. The SMILES string of the molecule is Cc1cc(C(=O)NCC(c2cccs2)N(C)C)cc(C)c1OCc1cccnc1. The van der Waals surface area contributed by atoms with E-state index in [0.29, 0.717) is 18.7 Å². The number of amides is 1. The maximum atomic E-state index is 12.8. The Hall–Kier alpha value is -2.70. The predicted molar refractivity (Wildman–Crippen MR) is 118 cm³/mol. The number of pyridine rings is 1. The van der Waals surface area contributed by atoms with E-state index in [1.807, 2.05) is 58.3 Å². The number of ether oxygens (including phenoxy) is 1. The molecule has 0 fully saturated rings. The van der Waals surface area contributed by atoms with E-state index in [2.05, 4.69) is 26.6 Å². The molecule has 6 heteroatoms. The van der Waals surface area contributed by atoms with Gasteiger partial charge < -0.3 is 15.0 Å². The lowest BCUT2D eigenvalue weighted by Crippen LogP contribution is -2.34. The zero-order valence-electron chi connectivity index (χ0n) is 17.3. The van der Waals surface area contributed by atoms with Crippen molar-refractivity contribution in [2.24, 2.45) is 0 Å². The molecule has 0 saturated heterocycles. The lowest BCUT2D eigenvalue weighted by molar-refractivity contribution is 0.0942. The van der Waals surface area contributed by atoms with Crippen molar-refractivity contribution < 1.29 is 9.53 Å². The molecule has 5 nitrogen and oxygen atoms in total. The largest absolute Gasteiger partial charge is 0.488 e. The van der Waals surface area contributed by atoms with Crippen LogP contribution in [-0.2, 0) is 6.61 Å². The first-order chi connectivity index (χ1) is 14.0. The van der Waals surface area contributed by atoms with Crippen molar-refractivity contribution in [2.45, 2.75) is 26.5 Å². The topological polar surface area (TPSA) is 54.5 Å². The minimum Gasteiger partial charge on any atom is -0.488 e. The summed E-state index contributed by atoms with van der Waals surface area (Å²) in [5.41, 5.74) is 3.55. The van der Waals surface area contributed by atoms with Crippen LogP contribution in [0.5, 0.6) is 5.75 Å². The number of nitrogens with one attached hydrogen (secondary N) is 1. The van der Waals surface area contributed by atoms with Gasteiger partial charge in [0, 0.05) is 34.9 Å². The van der Waals surface area contributed by atoms with Crippen molar-refractivity contribution in [3.63, 3.8) is 0 Å². The second-order valence-electron chi connectivity index (χ2n) is 7.29. The average Bonchev–Trinajstić information content (AvgIpc) is 3.22. The van der Waals surface area contributed by atoms with Crippen LogP contribution in [0.4, 0.5) is 0 Å². The molecule has 3 aromatic rings. The van der Waals surface area contributed by atoms with E-state index in [4.69, 9.17) is 4.74 Å². The standard InChI is InChI=1S/C23H27N3O2S/c1-16-11-19(12-17(2)22(16)28-15-18-7-5-9-24-13-18)23(27)25-14-20(26(3)4)21-8-6-10-29-21/h5-13,20H,14-15H2,1-4H3,(H,25,27). The summed E-state index contributed by atoms with van der Waals surface area (Å²) in [6.07, 6.45) is 3.54. The lowest BCUT2D eigenvalue weighted by Gasteiger charge is -2.23. The van der Waals surface area contributed by atoms with Crippen LogP contribution in [-0.4, -0.2) is 36.4 Å². The number of carbonyl (C=O) groups is 1. The molecule has 1 unspecified atom stereocenters. The van der Waals surface area contributed by atoms with Gasteiger partial charge in [0.25, 0.3) is 5.91 Å². The summed E-state index contributed by atoms with van der Waals surface area (Å²) in [7, 11) is 4.05. The smallest absolute Gasteiger partial charge is 0.251 e. The van der Waals surface area contributed by atoms with Gasteiger partial charge in [0.2, 0.25) is 0 Å². The first-order valence-electron chi connectivity index (χ1n) is 9.56. The normalized spacial score (nSPS) is 12.0. The molecule has 1 amide bonds. The van der Waals surface area contributed by atoms with E-state index >= 15 is 0 Å². The van der Waals surface area contributed by atoms with Gasteiger partial charge in [-0.15, -0.1) is 11.3 Å². The number of carbonyl (C=O) groups excluding carboxylic acids is 1. The Kier molecular flexibility index (Phi) is 7.01. The third kappa shape index (κ3) is 5.43. The molecule has 0 aliphatic heterocycles. The summed E-state index contributed by atoms with van der Waals surface area (Å²) in [5, 5.41) is 5.14. The highest BCUT2D eigenvalue weighted by Crippen LogP contribution is 2.26. The Balaban J connectivity index is 1.66. The van der Waals surface area contributed by atoms with Crippen LogP contribution in [0, 0.1) is 13.8 Å². The third-order valence-corrected chi connectivity index (χ3v) is 5.75. The highest BCUT2D eigenvalue weighted by atomic mass is 32.1. The molecule has 1 N–H and O–H groups in total. The summed E-state index contributed by atoms with van der Waals surface area (Å²) < 4.78 is 5.99. The minimum absolute atomic E-state index is 0.0709. The van der Waals surface area contributed by atoms with Gasteiger partial charge in [0.15, 0.2) is 0 Å². The number of nitrogens with zero attached hydrogens (tertiary/aromatic N) is 2. The Morgan fingerprint density at radius 1 is 1.21 bits per heavy atom. The molecule has 0 saturated carbocycles. The van der Waals surface area contributed by atoms with Crippen molar-refractivity contribution in [1.82, 2.24) is 15.2 Å². The summed E-state index contributed by atoms with van der Waals surface area (Å²) in [6, 6.07) is 11.9. The number of benzene rings is 1. The fourth-order valence-electron chi connectivity index (χ4n) is 3.26. The molecular weight excluding hydrogens is 382 g/mol. The number of likely N-dealkylation sites (N-methyl/N-ethyl adjacent to an activating group) is 1. The predicted octanol–water partition coefficient (Wildman–Crippen LogP) is 4.37. The summed E-state index contributed by atoms with van der Waals surface area (Å²) >= 11 is 1.70. The van der Waals surface area contributed by atoms with Crippen molar-refractivity contribution in [3.8, 4) is 5.75 Å². The fourth-order valence-corrected chi connectivity index (χ4v) is 4.18. The second kappa shape index (κ2) is 9.67.